The fraction of sp³-hybridized carbons (Fsp3) is 0.636. The molecule has 0 aromatic carbocycles. The number of unbranched alkanes of at least 4 members (excludes halogenated alkanes) is 2. The van der Waals surface area contributed by atoms with Crippen molar-refractivity contribution in [1.82, 2.24) is 0 Å². The molecule has 0 aromatic rings. The molecule has 0 heterocycles. The van der Waals surface area contributed by atoms with Crippen LogP contribution in [0.15, 0.2) is 24.8 Å². The Morgan fingerprint density at radius 1 is 1.45 bits per heavy atom. The Balaban J connectivity index is 2.03. The molecule has 1 aliphatic carbocycles. The molecule has 0 bridgehead atoms. The van der Waals surface area contributed by atoms with Crippen LogP contribution in [0.3, 0.4) is 0 Å². The Bertz CT molecular complexity index is 144. The third-order valence-electron chi connectivity index (χ3n) is 2.30. The van der Waals surface area contributed by atoms with Gasteiger partial charge in [0.2, 0.25) is 0 Å². The van der Waals surface area contributed by atoms with Crippen LogP contribution in [0.25, 0.3) is 0 Å². The number of hydrogen-bond donors (Lipinski definition) is 0. The zero-order valence-electron chi connectivity index (χ0n) is 7.42. The van der Waals surface area contributed by atoms with E-state index in [1.807, 2.05) is 0 Å². The molecule has 62 valence electrons. The standard InChI is InChI=1S/C11H18/c1-3-5-6-7-8-11-9-10(11)4-2/h4,7-8,10-11H,2-3,5-6,9H2,1H3/t10-,11-/m0/s1. The van der Waals surface area contributed by atoms with E-state index < -0.39 is 0 Å². The van der Waals surface area contributed by atoms with Crippen molar-refractivity contribution in [3.05, 3.63) is 24.8 Å². The molecule has 1 aliphatic rings. The van der Waals surface area contributed by atoms with Gasteiger partial charge >= 0.3 is 0 Å². The van der Waals surface area contributed by atoms with Crippen LogP contribution in [0.1, 0.15) is 32.6 Å². The highest BCUT2D eigenvalue weighted by molar-refractivity contribution is 5.08. The second-order valence-electron chi connectivity index (χ2n) is 3.37. The van der Waals surface area contributed by atoms with E-state index in [0.29, 0.717) is 0 Å². The summed E-state index contributed by atoms with van der Waals surface area (Å²) < 4.78 is 0. The second-order valence-corrected chi connectivity index (χ2v) is 3.37. The van der Waals surface area contributed by atoms with Crippen molar-refractivity contribution in [3.8, 4) is 0 Å². The summed E-state index contributed by atoms with van der Waals surface area (Å²) in [7, 11) is 0. The van der Waals surface area contributed by atoms with Crippen LogP contribution >= 0.6 is 0 Å². The molecule has 0 aliphatic heterocycles. The quantitative estimate of drug-likeness (QED) is 0.415. The Morgan fingerprint density at radius 3 is 2.82 bits per heavy atom. The third kappa shape index (κ3) is 2.92. The second kappa shape index (κ2) is 4.38. The van der Waals surface area contributed by atoms with E-state index in [4.69, 9.17) is 0 Å². The minimum Gasteiger partial charge on any atom is -0.103 e. The van der Waals surface area contributed by atoms with Crippen molar-refractivity contribution >= 4 is 0 Å². The van der Waals surface area contributed by atoms with Gasteiger partial charge in [-0.1, -0.05) is 38.0 Å². The Morgan fingerprint density at radius 2 is 2.27 bits per heavy atom. The third-order valence-corrected chi connectivity index (χ3v) is 2.30. The monoisotopic (exact) mass is 150 g/mol. The van der Waals surface area contributed by atoms with Gasteiger partial charge in [-0.15, -0.1) is 6.58 Å². The lowest BCUT2D eigenvalue weighted by Gasteiger charge is -1.87. The SMILES string of the molecule is C=C[C@H]1C[C@@H]1C=CCCCC. The van der Waals surface area contributed by atoms with Gasteiger partial charge in [-0.3, -0.25) is 0 Å². The van der Waals surface area contributed by atoms with Crippen molar-refractivity contribution in [2.75, 3.05) is 0 Å². The zero-order chi connectivity index (χ0) is 8.10. The molecular formula is C11H18. The van der Waals surface area contributed by atoms with Crippen molar-refractivity contribution in [2.24, 2.45) is 11.8 Å². The molecule has 11 heavy (non-hydrogen) atoms. The summed E-state index contributed by atoms with van der Waals surface area (Å²) >= 11 is 0. The molecule has 1 saturated carbocycles. The van der Waals surface area contributed by atoms with E-state index in [2.05, 4.69) is 31.7 Å². The highest BCUT2D eigenvalue weighted by atomic mass is 14.3. The van der Waals surface area contributed by atoms with Gasteiger partial charge in [-0.25, -0.2) is 0 Å². The topological polar surface area (TPSA) is 0 Å². The number of rotatable bonds is 5. The molecular weight excluding hydrogens is 132 g/mol. The summed E-state index contributed by atoms with van der Waals surface area (Å²) in [5, 5.41) is 0. The Kier molecular flexibility index (Phi) is 3.41. The van der Waals surface area contributed by atoms with Crippen molar-refractivity contribution < 1.29 is 0 Å². The van der Waals surface area contributed by atoms with E-state index >= 15 is 0 Å². The smallest absolute Gasteiger partial charge is 0.0165 e. The average Bonchev–Trinajstić information content (AvgIpc) is 2.77. The van der Waals surface area contributed by atoms with E-state index in [1.54, 1.807) is 0 Å². The number of allylic oxidation sites excluding steroid dienone is 3. The van der Waals surface area contributed by atoms with Gasteiger partial charge in [0.1, 0.15) is 0 Å². The molecule has 0 heteroatoms. The summed E-state index contributed by atoms with van der Waals surface area (Å²) in [4.78, 5) is 0. The van der Waals surface area contributed by atoms with Crippen LogP contribution in [0.2, 0.25) is 0 Å². The molecule has 0 aromatic heterocycles. The van der Waals surface area contributed by atoms with E-state index in [1.165, 1.54) is 25.7 Å². The Hall–Kier alpha value is -0.520. The maximum absolute atomic E-state index is 3.78. The van der Waals surface area contributed by atoms with E-state index in [0.717, 1.165) is 11.8 Å². The minimum absolute atomic E-state index is 0.799. The van der Waals surface area contributed by atoms with Gasteiger partial charge in [0, 0.05) is 0 Å². The number of hydrogen-bond acceptors (Lipinski definition) is 0. The predicted molar refractivity (Wildman–Crippen MR) is 50.5 cm³/mol. The predicted octanol–water partition coefficient (Wildman–Crippen LogP) is 3.55. The summed E-state index contributed by atoms with van der Waals surface area (Å²) in [5.41, 5.74) is 0. The molecule has 1 fully saturated rings. The van der Waals surface area contributed by atoms with Gasteiger partial charge in [0.25, 0.3) is 0 Å². The van der Waals surface area contributed by atoms with Gasteiger partial charge in [0.05, 0.1) is 0 Å². The average molecular weight is 150 g/mol. The lowest BCUT2D eigenvalue weighted by atomic mass is 10.2. The minimum atomic E-state index is 0.799. The van der Waals surface area contributed by atoms with Gasteiger partial charge in [-0.2, -0.15) is 0 Å². The lowest BCUT2D eigenvalue weighted by Crippen LogP contribution is -1.71. The van der Waals surface area contributed by atoms with Crippen molar-refractivity contribution in [2.45, 2.75) is 32.6 Å². The molecule has 0 unspecified atom stereocenters. The van der Waals surface area contributed by atoms with Crippen molar-refractivity contribution in [1.29, 1.82) is 0 Å². The van der Waals surface area contributed by atoms with Crippen LogP contribution in [0.5, 0.6) is 0 Å². The summed E-state index contributed by atoms with van der Waals surface area (Å²) in [6.45, 7) is 6.02. The normalized spacial score (nSPS) is 29.2. The summed E-state index contributed by atoms with van der Waals surface area (Å²) in [5.74, 6) is 1.64. The summed E-state index contributed by atoms with van der Waals surface area (Å²) in [6, 6.07) is 0. The van der Waals surface area contributed by atoms with Gasteiger partial charge in [-0.05, 0) is 24.7 Å². The molecule has 1 rings (SSSR count). The van der Waals surface area contributed by atoms with E-state index in [-0.39, 0.29) is 0 Å². The van der Waals surface area contributed by atoms with Crippen LogP contribution in [0.4, 0.5) is 0 Å². The maximum Gasteiger partial charge on any atom is -0.0165 e. The first-order chi connectivity index (χ1) is 5.38. The molecule has 0 amide bonds. The first kappa shape index (κ1) is 8.58. The molecule has 0 nitrogen and oxygen atoms in total. The lowest BCUT2D eigenvalue weighted by molar-refractivity contribution is 0.810. The molecule has 0 radical (unpaired) electrons. The fourth-order valence-electron chi connectivity index (χ4n) is 1.32. The van der Waals surface area contributed by atoms with Crippen LogP contribution in [-0.4, -0.2) is 0 Å². The van der Waals surface area contributed by atoms with Crippen molar-refractivity contribution in [3.63, 3.8) is 0 Å². The van der Waals surface area contributed by atoms with Crippen LogP contribution in [0, 0.1) is 11.8 Å². The Labute approximate surface area is 70.0 Å². The zero-order valence-corrected chi connectivity index (χ0v) is 7.42. The molecule has 0 spiro atoms. The first-order valence-corrected chi connectivity index (χ1v) is 4.67. The van der Waals surface area contributed by atoms with E-state index in [9.17, 15) is 0 Å². The first-order valence-electron chi connectivity index (χ1n) is 4.67. The van der Waals surface area contributed by atoms with Gasteiger partial charge < -0.3 is 0 Å². The molecule has 2 atom stereocenters. The highest BCUT2D eigenvalue weighted by Crippen LogP contribution is 2.40. The molecule has 0 saturated heterocycles. The van der Waals surface area contributed by atoms with Crippen LogP contribution in [-0.2, 0) is 0 Å². The fourth-order valence-corrected chi connectivity index (χ4v) is 1.32. The molecule has 0 N–H and O–H groups in total. The highest BCUT2D eigenvalue weighted by Gasteiger charge is 2.31. The largest absolute Gasteiger partial charge is 0.103 e. The van der Waals surface area contributed by atoms with Crippen LogP contribution < -0.4 is 0 Å². The summed E-state index contributed by atoms with van der Waals surface area (Å²) in [6.07, 6.45) is 12.0. The maximum atomic E-state index is 3.78. The van der Waals surface area contributed by atoms with Gasteiger partial charge in [0.15, 0.2) is 0 Å².